The fourth-order valence-corrected chi connectivity index (χ4v) is 3.14. The number of carboxylic acids is 1. The van der Waals surface area contributed by atoms with E-state index in [9.17, 15) is 9.59 Å². The number of carboxylic acid groups (broad SMARTS) is 1. The number of halogens is 1. The number of hydrogen-bond acceptors (Lipinski definition) is 3. The van der Waals surface area contributed by atoms with Crippen LogP contribution in [0.5, 0.6) is 0 Å². The summed E-state index contributed by atoms with van der Waals surface area (Å²) in [5, 5.41) is 12.3. The number of nitrogens with one attached hydrogen (secondary N) is 1. The Labute approximate surface area is 134 Å². The van der Waals surface area contributed by atoms with E-state index in [4.69, 9.17) is 21.4 Å². The van der Waals surface area contributed by atoms with Crippen molar-refractivity contribution in [2.24, 2.45) is 0 Å². The average molecular weight is 326 g/mol. The molecule has 120 valence electrons. The molecule has 1 aliphatic rings. The molecule has 6 heteroatoms. The van der Waals surface area contributed by atoms with E-state index >= 15 is 0 Å². The third kappa shape index (κ3) is 3.25. The van der Waals surface area contributed by atoms with Crippen molar-refractivity contribution in [2.45, 2.75) is 37.6 Å². The normalized spacial score (nSPS) is 18.5. The van der Waals surface area contributed by atoms with Gasteiger partial charge in [0.25, 0.3) is 0 Å². The highest BCUT2D eigenvalue weighted by atomic mass is 35.5. The molecule has 0 saturated carbocycles. The number of benzene rings is 1. The van der Waals surface area contributed by atoms with Crippen LogP contribution in [-0.4, -0.2) is 36.2 Å². The maximum atomic E-state index is 12.9. The van der Waals surface area contributed by atoms with Crippen LogP contribution in [0.25, 0.3) is 0 Å². The van der Waals surface area contributed by atoms with E-state index < -0.39 is 17.4 Å². The predicted molar refractivity (Wildman–Crippen MR) is 83.0 cm³/mol. The number of aliphatic carboxylic acids is 1. The minimum Gasteiger partial charge on any atom is -0.480 e. The number of hydrogen-bond donors (Lipinski definition) is 2. The summed E-state index contributed by atoms with van der Waals surface area (Å²) in [6, 6.07) is 6.32. The molecule has 2 rings (SSSR count). The summed E-state index contributed by atoms with van der Waals surface area (Å²) in [7, 11) is 0. The molecule has 0 spiro atoms. The Bertz CT molecular complexity index is 555. The third-order valence-electron chi connectivity index (χ3n) is 4.18. The number of ether oxygens (including phenoxy) is 1. The van der Waals surface area contributed by atoms with Crippen LogP contribution in [0, 0.1) is 0 Å². The molecule has 1 unspecified atom stereocenters. The molecule has 2 N–H and O–H groups in total. The number of carbonyl (C=O) groups is 2. The summed E-state index contributed by atoms with van der Waals surface area (Å²) in [5.74, 6) is -1.32. The Hall–Kier alpha value is -1.59. The zero-order valence-electron chi connectivity index (χ0n) is 12.5. The minimum atomic E-state index is -1.03. The lowest BCUT2D eigenvalue weighted by Crippen LogP contribution is -2.52. The summed E-state index contributed by atoms with van der Waals surface area (Å²) in [6.45, 7) is 2.62. The Balaban J connectivity index is 2.35. The second kappa shape index (κ2) is 7.11. The molecule has 0 radical (unpaired) electrons. The van der Waals surface area contributed by atoms with Crippen LogP contribution in [0.4, 0.5) is 0 Å². The SMILES string of the molecule is CCC(NC(=O)C1(c2ccccc2Cl)CCOCC1)C(=O)O. The maximum absolute atomic E-state index is 12.9. The zero-order valence-corrected chi connectivity index (χ0v) is 13.2. The Morgan fingerprint density at radius 3 is 2.55 bits per heavy atom. The Morgan fingerprint density at radius 2 is 2.00 bits per heavy atom. The van der Waals surface area contributed by atoms with Gasteiger partial charge in [-0.25, -0.2) is 4.79 Å². The molecule has 1 aromatic rings. The van der Waals surface area contributed by atoms with Crippen LogP contribution in [0.3, 0.4) is 0 Å². The predicted octanol–water partition coefficient (Wildman–Crippen LogP) is 2.37. The smallest absolute Gasteiger partial charge is 0.326 e. The van der Waals surface area contributed by atoms with Gasteiger partial charge in [-0.1, -0.05) is 36.7 Å². The van der Waals surface area contributed by atoms with E-state index in [0.29, 0.717) is 37.5 Å². The minimum absolute atomic E-state index is 0.293. The molecule has 1 amide bonds. The maximum Gasteiger partial charge on any atom is 0.326 e. The quantitative estimate of drug-likeness (QED) is 0.871. The first kappa shape index (κ1) is 16.8. The molecule has 5 nitrogen and oxygen atoms in total. The topological polar surface area (TPSA) is 75.6 Å². The van der Waals surface area contributed by atoms with Crippen molar-refractivity contribution in [1.82, 2.24) is 5.32 Å². The van der Waals surface area contributed by atoms with Gasteiger partial charge in [0.1, 0.15) is 6.04 Å². The molecule has 1 fully saturated rings. The molecule has 1 atom stereocenters. The van der Waals surface area contributed by atoms with Gasteiger partial charge in [0.05, 0.1) is 5.41 Å². The molecule has 0 bridgehead atoms. The van der Waals surface area contributed by atoms with Crippen LogP contribution >= 0.6 is 11.6 Å². The highest BCUT2D eigenvalue weighted by Crippen LogP contribution is 2.39. The first-order chi connectivity index (χ1) is 10.5. The van der Waals surface area contributed by atoms with Crippen molar-refractivity contribution in [3.8, 4) is 0 Å². The van der Waals surface area contributed by atoms with Gasteiger partial charge >= 0.3 is 5.97 Å². The summed E-state index contributed by atoms with van der Waals surface area (Å²) >= 11 is 6.29. The van der Waals surface area contributed by atoms with E-state index in [1.54, 1.807) is 13.0 Å². The van der Waals surface area contributed by atoms with Crippen LogP contribution < -0.4 is 5.32 Å². The fourth-order valence-electron chi connectivity index (χ4n) is 2.82. The second-order valence-electron chi connectivity index (χ2n) is 5.45. The molecule has 1 aliphatic heterocycles. The van der Waals surface area contributed by atoms with E-state index in [1.165, 1.54) is 0 Å². The van der Waals surface area contributed by atoms with Gasteiger partial charge in [0.2, 0.25) is 5.91 Å². The third-order valence-corrected chi connectivity index (χ3v) is 4.51. The molecule has 22 heavy (non-hydrogen) atoms. The van der Waals surface area contributed by atoms with E-state index in [0.717, 1.165) is 5.56 Å². The van der Waals surface area contributed by atoms with Crippen molar-refractivity contribution >= 4 is 23.5 Å². The first-order valence-electron chi connectivity index (χ1n) is 7.38. The lowest BCUT2D eigenvalue weighted by Gasteiger charge is -2.37. The molecule has 1 saturated heterocycles. The second-order valence-corrected chi connectivity index (χ2v) is 5.85. The van der Waals surface area contributed by atoms with E-state index in [1.807, 2.05) is 18.2 Å². The molecule has 1 heterocycles. The van der Waals surface area contributed by atoms with Crippen LogP contribution in [-0.2, 0) is 19.7 Å². The molecule has 0 aromatic heterocycles. The monoisotopic (exact) mass is 325 g/mol. The number of amides is 1. The van der Waals surface area contributed by atoms with Crippen LogP contribution in [0.1, 0.15) is 31.7 Å². The van der Waals surface area contributed by atoms with Crippen molar-refractivity contribution < 1.29 is 19.4 Å². The largest absolute Gasteiger partial charge is 0.480 e. The Kier molecular flexibility index (Phi) is 5.42. The summed E-state index contributed by atoms with van der Waals surface area (Å²) in [5.41, 5.74) is -0.0999. The molecule has 0 aliphatic carbocycles. The van der Waals surface area contributed by atoms with E-state index in [-0.39, 0.29) is 5.91 Å². The van der Waals surface area contributed by atoms with Gasteiger partial charge in [-0.3, -0.25) is 4.79 Å². The zero-order chi connectivity index (χ0) is 16.2. The standard InChI is InChI=1S/C16H20ClNO4/c1-2-13(14(19)20)18-15(21)16(7-9-22-10-8-16)11-5-3-4-6-12(11)17/h3-6,13H,2,7-10H2,1H3,(H,18,21)(H,19,20). The number of carbonyl (C=O) groups excluding carboxylic acids is 1. The van der Waals surface area contributed by atoms with Gasteiger partial charge in [-0.15, -0.1) is 0 Å². The average Bonchev–Trinajstić information content (AvgIpc) is 2.53. The van der Waals surface area contributed by atoms with Gasteiger partial charge in [0.15, 0.2) is 0 Å². The molecular formula is C16H20ClNO4. The van der Waals surface area contributed by atoms with Crippen molar-refractivity contribution in [3.05, 3.63) is 34.9 Å². The summed E-state index contributed by atoms with van der Waals surface area (Å²) < 4.78 is 5.38. The Morgan fingerprint density at radius 1 is 1.36 bits per heavy atom. The van der Waals surface area contributed by atoms with Crippen molar-refractivity contribution in [3.63, 3.8) is 0 Å². The highest BCUT2D eigenvalue weighted by Gasteiger charge is 2.43. The summed E-state index contributed by atoms with van der Waals surface area (Å²) in [6.07, 6.45) is 1.30. The van der Waals surface area contributed by atoms with Gasteiger partial charge < -0.3 is 15.2 Å². The molecule has 1 aromatic carbocycles. The van der Waals surface area contributed by atoms with Crippen LogP contribution in [0.15, 0.2) is 24.3 Å². The lowest BCUT2D eigenvalue weighted by atomic mass is 9.73. The van der Waals surface area contributed by atoms with E-state index in [2.05, 4.69) is 5.32 Å². The van der Waals surface area contributed by atoms with Crippen molar-refractivity contribution in [2.75, 3.05) is 13.2 Å². The van der Waals surface area contributed by atoms with Gasteiger partial charge in [-0.05, 0) is 30.9 Å². The lowest BCUT2D eigenvalue weighted by molar-refractivity contribution is -0.143. The first-order valence-corrected chi connectivity index (χ1v) is 7.75. The van der Waals surface area contributed by atoms with Crippen LogP contribution in [0.2, 0.25) is 5.02 Å². The van der Waals surface area contributed by atoms with Crippen molar-refractivity contribution in [1.29, 1.82) is 0 Å². The summed E-state index contributed by atoms with van der Waals surface area (Å²) in [4.78, 5) is 24.0. The number of rotatable bonds is 5. The highest BCUT2D eigenvalue weighted by molar-refractivity contribution is 6.31. The molecular weight excluding hydrogens is 306 g/mol. The fraction of sp³-hybridized carbons (Fsp3) is 0.500. The van der Waals surface area contributed by atoms with Gasteiger partial charge in [-0.2, -0.15) is 0 Å². The van der Waals surface area contributed by atoms with Gasteiger partial charge in [0, 0.05) is 18.2 Å².